The van der Waals surface area contributed by atoms with Gasteiger partial charge in [0, 0.05) is 27.6 Å². The lowest BCUT2D eigenvalue weighted by Gasteiger charge is -2.03. The lowest BCUT2D eigenvalue weighted by atomic mass is 10.1. The van der Waals surface area contributed by atoms with Crippen LogP contribution in [0.3, 0.4) is 0 Å². The molecule has 2 aromatic rings. The Bertz CT molecular complexity index is 699. The van der Waals surface area contributed by atoms with Crippen LogP contribution in [0.4, 0.5) is 0 Å². The van der Waals surface area contributed by atoms with Crippen molar-refractivity contribution in [2.75, 3.05) is 7.11 Å². The molecule has 2 aromatic carbocycles. The van der Waals surface area contributed by atoms with E-state index in [1.54, 1.807) is 49.6 Å². The fourth-order valence-electron chi connectivity index (χ4n) is 1.81. The van der Waals surface area contributed by atoms with Gasteiger partial charge in [-0.2, -0.15) is 0 Å². The zero-order valence-corrected chi connectivity index (χ0v) is 14.0. The van der Waals surface area contributed by atoms with Gasteiger partial charge in [-0.3, -0.25) is 4.79 Å². The number of Topliss-reactive ketones (excluding diaryl/α,β-unsaturated/α-hetero) is 1. The lowest BCUT2D eigenvalue weighted by Crippen LogP contribution is -2.00. The minimum absolute atomic E-state index is 0.0514. The van der Waals surface area contributed by atoms with Crippen molar-refractivity contribution in [1.82, 2.24) is 0 Å². The molecule has 0 aromatic heterocycles. The number of carbonyl (C=O) groups is 1. The smallest absolute Gasteiger partial charge is 0.168 e. The summed E-state index contributed by atoms with van der Waals surface area (Å²) in [6.45, 7) is 0.212. The fourth-order valence-corrected chi connectivity index (χ4v) is 2.28. The third kappa shape index (κ3) is 5.27. The summed E-state index contributed by atoms with van der Waals surface area (Å²) in [5.74, 6) is 0.655. The van der Waals surface area contributed by atoms with Gasteiger partial charge in [-0.25, -0.2) is 0 Å². The van der Waals surface area contributed by atoms with Crippen molar-refractivity contribution < 1.29 is 14.4 Å². The Kier molecular flexibility index (Phi) is 6.44. The Morgan fingerprint density at radius 2 is 1.91 bits per heavy atom. The minimum Gasteiger partial charge on any atom is -0.497 e. The summed E-state index contributed by atoms with van der Waals surface area (Å²) in [6.07, 6.45) is 1.58. The summed E-state index contributed by atoms with van der Waals surface area (Å²) in [5.41, 5.74) is 1.37. The van der Waals surface area contributed by atoms with Crippen LogP contribution in [0, 0.1) is 0 Å². The fraction of sp³-hybridized carbons (Fsp3) is 0.176. The molecule has 0 saturated heterocycles. The summed E-state index contributed by atoms with van der Waals surface area (Å²) in [4.78, 5) is 17.1. The maximum absolute atomic E-state index is 11.9. The summed E-state index contributed by atoms with van der Waals surface area (Å²) in [7, 11) is 1.58. The number of hydrogen-bond donors (Lipinski definition) is 0. The first-order valence-electron chi connectivity index (χ1n) is 6.85. The van der Waals surface area contributed by atoms with Crippen LogP contribution >= 0.6 is 23.2 Å². The average Bonchev–Trinajstić information content (AvgIpc) is 2.56. The van der Waals surface area contributed by atoms with E-state index < -0.39 is 0 Å². The van der Waals surface area contributed by atoms with Crippen molar-refractivity contribution in [3.63, 3.8) is 0 Å². The number of halogens is 2. The zero-order valence-electron chi connectivity index (χ0n) is 12.5. The van der Waals surface area contributed by atoms with Gasteiger partial charge in [0.25, 0.3) is 0 Å². The molecule has 0 fully saturated rings. The molecule has 0 amide bonds. The van der Waals surface area contributed by atoms with Crippen LogP contribution in [0.5, 0.6) is 5.75 Å². The number of nitrogens with zero attached hydrogens (tertiary/aromatic N) is 1. The minimum atomic E-state index is -0.0514. The number of methoxy groups -OCH3 is 1. The standard InChI is InChI=1S/C17H15Cl2NO3/c1-22-15-6-3-12(4-7-15)17(21)8-9-20-23-11-13-2-5-14(18)10-16(13)19/h2-7,9-10H,8,11H2,1H3/b20-9+. The molecule has 0 radical (unpaired) electrons. The second-order valence-electron chi connectivity index (χ2n) is 4.65. The molecule has 2 rings (SSSR count). The van der Waals surface area contributed by atoms with Gasteiger partial charge in [-0.1, -0.05) is 34.4 Å². The van der Waals surface area contributed by atoms with Gasteiger partial charge in [0.2, 0.25) is 0 Å². The van der Waals surface area contributed by atoms with Crippen LogP contribution in [0.2, 0.25) is 10.0 Å². The third-order valence-electron chi connectivity index (χ3n) is 3.07. The summed E-state index contributed by atoms with van der Waals surface area (Å²) in [5, 5.41) is 4.85. The van der Waals surface area contributed by atoms with Crippen molar-refractivity contribution in [3.8, 4) is 5.75 Å². The van der Waals surface area contributed by atoms with Crippen molar-refractivity contribution >= 4 is 35.2 Å². The molecular weight excluding hydrogens is 337 g/mol. The molecule has 0 N–H and O–H groups in total. The Morgan fingerprint density at radius 1 is 1.17 bits per heavy atom. The van der Waals surface area contributed by atoms with Gasteiger partial charge < -0.3 is 9.57 Å². The Labute approximate surface area is 144 Å². The van der Waals surface area contributed by atoms with E-state index in [-0.39, 0.29) is 18.8 Å². The number of oxime groups is 1. The molecule has 0 heterocycles. The Balaban J connectivity index is 1.80. The number of ether oxygens (including phenoxy) is 1. The van der Waals surface area contributed by atoms with Crippen LogP contribution in [0.25, 0.3) is 0 Å². The number of ketones is 1. The average molecular weight is 352 g/mol. The molecule has 0 atom stereocenters. The van der Waals surface area contributed by atoms with E-state index in [2.05, 4.69) is 5.16 Å². The van der Waals surface area contributed by atoms with Crippen LogP contribution in [0.15, 0.2) is 47.6 Å². The molecule has 4 nitrogen and oxygen atoms in total. The molecule has 0 spiro atoms. The van der Waals surface area contributed by atoms with Crippen molar-refractivity contribution in [1.29, 1.82) is 0 Å². The predicted octanol–water partition coefficient (Wildman–Crippen LogP) is 4.78. The molecule has 120 valence electrons. The molecular formula is C17H15Cl2NO3. The lowest BCUT2D eigenvalue weighted by molar-refractivity contribution is 0.0996. The molecule has 0 saturated carbocycles. The zero-order chi connectivity index (χ0) is 16.7. The normalized spacial score (nSPS) is 10.7. The largest absolute Gasteiger partial charge is 0.497 e. The van der Waals surface area contributed by atoms with Crippen LogP contribution in [-0.4, -0.2) is 19.1 Å². The molecule has 0 aliphatic rings. The summed E-state index contributed by atoms with van der Waals surface area (Å²) < 4.78 is 5.04. The first kappa shape index (κ1) is 17.3. The highest BCUT2D eigenvalue weighted by atomic mass is 35.5. The second kappa shape index (κ2) is 8.56. The van der Waals surface area contributed by atoms with E-state index in [0.29, 0.717) is 21.4 Å². The first-order valence-corrected chi connectivity index (χ1v) is 7.60. The van der Waals surface area contributed by atoms with E-state index in [1.807, 2.05) is 0 Å². The summed E-state index contributed by atoms with van der Waals surface area (Å²) >= 11 is 11.8. The Hall–Kier alpha value is -2.04. The molecule has 0 bridgehead atoms. The maximum atomic E-state index is 11.9. The number of benzene rings is 2. The second-order valence-corrected chi connectivity index (χ2v) is 5.50. The Morgan fingerprint density at radius 3 is 2.57 bits per heavy atom. The molecule has 0 aliphatic heterocycles. The van der Waals surface area contributed by atoms with Crippen molar-refractivity contribution in [2.45, 2.75) is 13.0 Å². The van der Waals surface area contributed by atoms with Gasteiger partial charge >= 0.3 is 0 Å². The van der Waals surface area contributed by atoms with Gasteiger partial charge in [-0.05, 0) is 36.4 Å². The number of carbonyl (C=O) groups excluding carboxylic acids is 1. The molecule has 6 heteroatoms. The van der Waals surface area contributed by atoms with Crippen molar-refractivity contribution in [3.05, 3.63) is 63.6 Å². The molecule has 23 heavy (non-hydrogen) atoms. The quantitative estimate of drug-likeness (QED) is 0.409. The van der Waals surface area contributed by atoms with Crippen LogP contribution < -0.4 is 4.74 Å². The highest BCUT2D eigenvalue weighted by molar-refractivity contribution is 6.35. The monoisotopic (exact) mass is 351 g/mol. The van der Waals surface area contributed by atoms with Crippen LogP contribution in [-0.2, 0) is 11.4 Å². The SMILES string of the molecule is COc1ccc(C(=O)C/C=N/OCc2ccc(Cl)cc2Cl)cc1. The first-order chi connectivity index (χ1) is 11.1. The van der Waals surface area contributed by atoms with E-state index in [1.165, 1.54) is 6.21 Å². The topological polar surface area (TPSA) is 47.9 Å². The highest BCUT2D eigenvalue weighted by Crippen LogP contribution is 2.21. The van der Waals surface area contributed by atoms with Gasteiger partial charge in [0.15, 0.2) is 5.78 Å². The van der Waals surface area contributed by atoms with Gasteiger partial charge in [-0.15, -0.1) is 0 Å². The maximum Gasteiger partial charge on any atom is 0.168 e. The highest BCUT2D eigenvalue weighted by Gasteiger charge is 2.04. The number of hydrogen-bond acceptors (Lipinski definition) is 4. The molecule has 0 unspecified atom stereocenters. The molecule has 0 aliphatic carbocycles. The van der Waals surface area contributed by atoms with E-state index in [4.69, 9.17) is 32.8 Å². The van der Waals surface area contributed by atoms with E-state index >= 15 is 0 Å². The van der Waals surface area contributed by atoms with Crippen molar-refractivity contribution in [2.24, 2.45) is 5.16 Å². The van der Waals surface area contributed by atoms with E-state index in [9.17, 15) is 4.79 Å². The predicted molar refractivity (Wildman–Crippen MR) is 91.7 cm³/mol. The number of rotatable bonds is 7. The van der Waals surface area contributed by atoms with E-state index in [0.717, 1.165) is 5.56 Å². The van der Waals surface area contributed by atoms with Gasteiger partial charge in [0.05, 0.1) is 13.3 Å². The van der Waals surface area contributed by atoms with Crippen LogP contribution in [0.1, 0.15) is 22.3 Å². The summed E-state index contributed by atoms with van der Waals surface area (Å²) in [6, 6.07) is 12.0. The van der Waals surface area contributed by atoms with Gasteiger partial charge in [0.1, 0.15) is 12.4 Å². The third-order valence-corrected chi connectivity index (χ3v) is 3.66.